The van der Waals surface area contributed by atoms with Gasteiger partial charge in [-0.15, -0.1) is 0 Å². The first-order valence-electron chi connectivity index (χ1n) is 4.74. The Morgan fingerprint density at radius 1 is 1.53 bits per heavy atom. The van der Waals surface area contributed by atoms with Gasteiger partial charge >= 0.3 is 6.03 Å². The number of nitrogens with one attached hydrogen (secondary N) is 2. The minimum absolute atomic E-state index is 0.0542. The Balaban J connectivity index is 1.88. The molecule has 0 heterocycles. The second kappa shape index (κ2) is 3.86. The van der Waals surface area contributed by atoms with Crippen molar-refractivity contribution in [2.24, 2.45) is 5.73 Å². The molecule has 0 spiro atoms. The Morgan fingerprint density at radius 2 is 2.27 bits per heavy atom. The minimum Gasteiger partial charge on any atom is -0.334 e. The first kappa shape index (κ1) is 9.92. The summed E-state index contributed by atoms with van der Waals surface area (Å²) in [6.07, 6.45) is 0.802. The molecule has 80 valence electrons. The predicted molar refractivity (Wildman–Crippen MR) is 54.9 cm³/mol. The van der Waals surface area contributed by atoms with Crippen molar-refractivity contribution >= 4 is 11.7 Å². The van der Waals surface area contributed by atoms with Crippen LogP contribution in [0.1, 0.15) is 6.42 Å². The second-order valence-corrected chi connectivity index (χ2v) is 3.61. The highest BCUT2D eigenvalue weighted by Gasteiger charge is 2.34. The van der Waals surface area contributed by atoms with Gasteiger partial charge in [0.05, 0.1) is 0 Å². The molecule has 2 unspecified atom stereocenters. The number of urea groups is 1. The van der Waals surface area contributed by atoms with E-state index < -0.39 is 0 Å². The van der Waals surface area contributed by atoms with Crippen molar-refractivity contribution in [2.75, 3.05) is 5.32 Å². The number of rotatable bonds is 2. The van der Waals surface area contributed by atoms with Crippen molar-refractivity contribution in [3.05, 3.63) is 30.1 Å². The van der Waals surface area contributed by atoms with Gasteiger partial charge < -0.3 is 16.4 Å². The van der Waals surface area contributed by atoms with Crippen LogP contribution in [0, 0.1) is 5.82 Å². The molecule has 0 aromatic heterocycles. The molecule has 2 amide bonds. The van der Waals surface area contributed by atoms with Crippen LogP contribution in [0.5, 0.6) is 0 Å². The Hall–Kier alpha value is -1.62. The van der Waals surface area contributed by atoms with E-state index in [0.29, 0.717) is 5.69 Å². The molecule has 5 heteroatoms. The van der Waals surface area contributed by atoms with Gasteiger partial charge in [-0.05, 0) is 24.6 Å². The van der Waals surface area contributed by atoms with Crippen molar-refractivity contribution in [3.63, 3.8) is 0 Å². The third-order valence-electron chi connectivity index (χ3n) is 2.24. The lowest BCUT2D eigenvalue weighted by atomic mass is 10.3. The van der Waals surface area contributed by atoms with Crippen LogP contribution in [-0.2, 0) is 0 Å². The average Bonchev–Trinajstić information content (AvgIpc) is 2.81. The van der Waals surface area contributed by atoms with Crippen LogP contribution in [0.4, 0.5) is 14.9 Å². The standard InChI is InChI=1S/C10H12FN3O/c11-6-2-1-3-7(4-6)13-10(15)14-9-5-8(9)12/h1-4,8-9H,5,12H2,(H2,13,14,15). The number of amides is 2. The molecule has 4 N–H and O–H groups in total. The summed E-state index contributed by atoms with van der Waals surface area (Å²) in [5.74, 6) is -0.379. The molecule has 15 heavy (non-hydrogen) atoms. The largest absolute Gasteiger partial charge is 0.334 e. The topological polar surface area (TPSA) is 67.1 Å². The van der Waals surface area contributed by atoms with E-state index in [4.69, 9.17) is 5.73 Å². The molecule has 2 atom stereocenters. The monoisotopic (exact) mass is 209 g/mol. The number of hydrogen-bond acceptors (Lipinski definition) is 2. The smallest absolute Gasteiger partial charge is 0.319 e. The Morgan fingerprint density at radius 3 is 2.87 bits per heavy atom. The normalized spacial score (nSPS) is 23.3. The fraction of sp³-hybridized carbons (Fsp3) is 0.300. The van der Waals surface area contributed by atoms with Gasteiger partial charge in [0.2, 0.25) is 0 Å². The lowest BCUT2D eigenvalue weighted by Gasteiger charge is -2.06. The number of hydrogen-bond donors (Lipinski definition) is 3. The number of benzene rings is 1. The highest BCUT2D eigenvalue weighted by atomic mass is 19.1. The van der Waals surface area contributed by atoms with Gasteiger partial charge in [-0.2, -0.15) is 0 Å². The molecular formula is C10H12FN3O. The maximum absolute atomic E-state index is 12.8. The molecule has 0 saturated heterocycles. The van der Waals surface area contributed by atoms with Gasteiger partial charge in [-0.1, -0.05) is 6.07 Å². The molecule has 0 bridgehead atoms. The van der Waals surface area contributed by atoms with Crippen molar-refractivity contribution in [2.45, 2.75) is 18.5 Å². The van der Waals surface area contributed by atoms with Gasteiger partial charge in [0.25, 0.3) is 0 Å². The first-order chi connectivity index (χ1) is 7.15. The summed E-state index contributed by atoms with van der Waals surface area (Å²) in [5, 5.41) is 5.20. The van der Waals surface area contributed by atoms with E-state index in [-0.39, 0.29) is 23.9 Å². The SMILES string of the molecule is NC1CC1NC(=O)Nc1cccc(F)c1. The molecule has 1 fully saturated rings. The van der Waals surface area contributed by atoms with E-state index in [9.17, 15) is 9.18 Å². The van der Waals surface area contributed by atoms with E-state index in [1.807, 2.05) is 0 Å². The zero-order valence-corrected chi connectivity index (χ0v) is 8.03. The highest BCUT2D eigenvalue weighted by molar-refractivity contribution is 5.89. The molecule has 1 saturated carbocycles. The van der Waals surface area contributed by atoms with Gasteiger partial charge in [0.1, 0.15) is 5.82 Å². The summed E-state index contributed by atoms with van der Waals surface area (Å²) in [5.41, 5.74) is 5.96. The van der Waals surface area contributed by atoms with Crippen LogP contribution in [0.2, 0.25) is 0 Å². The van der Waals surface area contributed by atoms with Crippen LogP contribution >= 0.6 is 0 Å². The van der Waals surface area contributed by atoms with Gasteiger partial charge in [0.15, 0.2) is 0 Å². The molecule has 1 aromatic rings. The zero-order chi connectivity index (χ0) is 10.8. The number of carbonyl (C=O) groups excluding carboxylic acids is 1. The van der Waals surface area contributed by atoms with Crippen LogP contribution in [-0.4, -0.2) is 18.1 Å². The van der Waals surface area contributed by atoms with Crippen molar-refractivity contribution in [1.29, 1.82) is 0 Å². The Labute approximate surface area is 86.7 Å². The lowest BCUT2D eigenvalue weighted by Crippen LogP contribution is -2.33. The molecule has 4 nitrogen and oxygen atoms in total. The van der Waals surface area contributed by atoms with Crippen LogP contribution in [0.15, 0.2) is 24.3 Å². The molecule has 1 aliphatic rings. The molecule has 2 rings (SSSR count). The number of nitrogens with two attached hydrogens (primary N) is 1. The van der Waals surface area contributed by atoms with E-state index in [2.05, 4.69) is 10.6 Å². The second-order valence-electron chi connectivity index (χ2n) is 3.61. The third-order valence-corrected chi connectivity index (χ3v) is 2.24. The molecular weight excluding hydrogens is 197 g/mol. The first-order valence-corrected chi connectivity index (χ1v) is 4.74. The van der Waals surface area contributed by atoms with E-state index in [1.54, 1.807) is 6.07 Å². The predicted octanol–water partition coefficient (Wildman–Crippen LogP) is 1.05. The van der Waals surface area contributed by atoms with E-state index in [1.165, 1.54) is 18.2 Å². The summed E-state index contributed by atoms with van der Waals surface area (Å²) in [4.78, 5) is 11.3. The summed E-state index contributed by atoms with van der Waals surface area (Å²) in [6.45, 7) is 0. The fourth-order valence-corrected chi connectivity index (χ4v) is 1.28. The minimum atomic E-state index is -0.379. The van der Waals surface area contributed by atoms with Crippen LogP contribution < -0.4 is 16.4 Å². The quantitative estimate of drug-likeness (QED) is 0.681. The molecule has 0 radical (unpaired) electrons. The lowest BCUT2D eigenvalue weighted by molar-refractivity contribution is 0.251. The average molecular weight is 209 g/mol. The molecule has 1 aromatic carbocycles. The molecule has 0 aliphatic heterocycles. The van der Waals surface area contributed by atoms with Gasteiger partial charge in [-0.3, -0.25) is 0 Å². The van der Waals surface area contributed by atoms with Crippen LogP contribution in [0.3, 0.4) is 0 Å². The third kappa shape index (κ3) is 2.66. The molecule has 1 aliphatic carbocycles. The summed E-state index contributed by atoms with van der Waals surface area (Å²) in [7, 11) is 0. The van der Waals surface area contributed by atoms with E-state index >= 15 is 0 Å². The maximum Gasteiger partial charge on any atom is 0.319 e. The summed E-state index contributed by atoms with van der Waals surface area (Å²) >= 11 is 0. The maximum atomic E-state index is 12.8. The van der Waals surface area contributed by atoms with Crippen molar-refractivity contribution in [1.82, 2.24) is 5.32 Å². The van der Waals surface area contributed by atoms with Crippen LogP contribution in [0.25, 0.3) is 0 Å². The van der Waals surface area contributed by atoms with Crippen molar-refractivity contribution in [3.8, 4) is 0 Å². The van der Waals surface area contributed by atoms with Crippen molar-refractivity contribution < 1.29 is 9.18 Å². The summed E-state index contributed by atoms with van der Waals surface area (Å²) in [6, 6.07) is 5.50. The Kier molecular flexibility index (Phi) is 2.55. The van der Waals surface area contributed by atoms with Gasteiger partial charge in [-0.25, -0.2) is 9.18 Å². The number of halogens is 1. The van der Waals surface area contributed by atoms with E-state index in [0.717, 1.165) is 6.42 Å². The number of carbonyl (C=O) groups is 1. The fourth-order valence-electron chi connectivity index (χ4n) is 1.28. The Bertz CT molecular complexity index is 383. The highest BCUT2D eigenvalue weighted by Crippen LogP contribution is 2.18. The summed E-state index contributed by atoms with van der Waals surface area (Å²) < 4.78 is 12.8. The van der Waals surface area contributed by atoms with Gasteiger partial charge in [0, 0.05) is 17.8 Å². The zero-order valence-electron chi connectivity index (χ0n) is 8.03. The number of anilines is 1.